The highest BCUT2D eigenvalue weighted by atomic mass is 16.5. The number of carboxylic acids is 1. The normalized spacial score (nSPS) is 20.2. The van der Waals surface area contributed by atoms with Crippen molar-refractivity contribution in [3.8, 4) is 0 Å². The molecule has 8 nitrogen and oxygen atoms in total. The Hall–Kier alpha value is -2.94. The van der Waals surface area contributed by atoms with E-state index in [1.54, 1.807) is 18.2 Å². The Labute approximate surface area is 188 Å². The molecule has 2 aliphatic heterocycles. The molecule has 0 spiro atoms. The lowest BCUT2D eigenvalue weighted by molar-refractivity contribution is -0.118. The fourth-order valence-electron chi connectivity index (χ4n) is 4.29. The van der Waals surface area contributed by atoms with Crippen LogP contribution in [0.15, 0.2) is 48.5 Å². The van der Waals surface area contributed by atoms with Crippen LogP contribution in [0.3, 0.4) is 0 Å². The minimum absolute atomic E-state index is 0.0451. The molecule has 4 rings (SSSR count). The zero-order valence-corrected chi connectivity index (χ0v) is 18.4. The maximum atomic E-state index is 12.7. The molecule has 1 atom stereocenters. The van der Waals surface area contributed by atoms with Crippen molar-refractivity contribution in [2.45, 2.75) is 6.04 Å². The third-order valence-electron chi connectivity index (χ3n) is 6.14. The van der Waals surface area contributed by atoms with E-state index >= 15 is 0 Å². The number of carboxylic acid groups (broad SMARTS) is 1. The molecule has 32 heavy (non-hydrogen) atoms. The van der Waals surface area contributed by atoms with Crippen molar-refractivity contribution in [3.05, 3.63) is 59.7 Å². The highest BCUT2D eigenvalue weighted by Crippen LogP contribution is 2.25. The zero-order valence-electron chi connectivity index (χ0n) is 18.4. The number of amides is 1. The van der Waals surface area contributed by atoms with Gasteiger partial charge in [0, 0.05) is 50.1 Å². The van der Waals surface area contributed by atoms with Crippen molar-refractivity contribution < 1.29 is 19.4 Å². The number of nitrogens with zero attached hydrogens (tertiary/aromatic N) is 3. The van der Waals surface area contributed by atoms with Crippen LogP contribution < -0.4 is 10.2 Å². The molecule has 2 saturated heterocycles. The van der Waals surface area contributed by atoms with Gasteiger partial charge in [-0.15, -0.1) is 0 Å². The Morgan fingerprint density at radius 1 is 1.06 bits per heavy atom. The summed E-state index contributed by atoms with van der Waals surface area (Å²) in [7, 11) is 2.03. The Kier molecular flexibility index (Phi) is 7.04. The van der Waals surface area contributed by atoms with Gasteiger partial charge in [0.25, 0.3) is 0 Å². The molecular formula is C24H30N4O4. The van der Waals surface area contributed by atoms with E-state index in [9.17, 15) is 14.7 Å². The fraction of sp³-hybridized carbons (Fsp3) is 0.417. The number of morpholine rings is 1. The number of hydrogen-bond donors (Lipinski definition) is 2. The molecule has 2 N–H and O–H groups in total. The van der Waals surface area contributed by atoms with Gasteiger partial charge in [0.2, 0.25) is 5.91 Å². The van der Waals surface area contributed by atoms with Gasteiger partial charge in [-0.05, 0) is 49.0 Å². The van der Waals surface area contributed by atoms with E-state index in [0.29, 0.717) is 13.1 Å². The van der Waals surface area contributed by atoms with Crippen molar-refractivity contribution in [2.24, 2.45) is 0 Å². The summed E-state index contributed by atoms with van der Waals surface area (Å²) in [6.07, 6.45) is 0. The molecule has 2 heterocycles. The Balaban J connectivity index is 1.34. The number of carbonyl (C=O) groups is 2. The number of rotatable bonds is 6. The lowest BCUT2D eigenvalue weighted by Gasteiger charge is -2.39. The standard InChI is InChI=1S/C24H30N4O4/c1-26-9-10-27(16-22(26)18-3-2-4-19(15-18)24(30)31)17-23(29)25-20-5-7-21(8-6-20)28-11-13-32-14-12-28/h2-8,15,22H,9-14,16-17H2,1H3,(H,25,29)(H,30,31)/t22-/m1/s1. The van der Waals surface area contributed by atoms with Gasteiger partial charge >= 0.3 is 5.97 Å². The second-order valence-electron chi connectivity index (χ2n) is 8.36. The summed E-state index contributed by atoms with van der Waals surface area (Å²) in [6.45, 7) is 5.81. The molecule has 2 fully saturated rings. The number of piperazine rings is 1. The van der Waals surface area contributed by atoms with Crippen molar-refractivity contribution in [1.29, 1.82) is 0 Å². The molecule has 2 aromatic carbocycles. The number of nitrogens with one attached hydrogen (secondary N) is 1. The van der Waals surface area contributed by atoms with E-state index in [0.717, 1.165) is 56.3 Å². The molecule has 0 radical (unpaired) electrons. The first-order valence-corrected chi connectivity index (χ1v) is 11.0. The fourth-order valence-corrected chi connectivity index (χ4v) is 4.29. The number of ether oxygens (including phenoxy) is 1. The summed E-state index contributed by atoms with van der Waals surface area (Å²) < 4.78 is 5.40. The smallest absolute Gasteiger partial charge is 0.335 e. The molecule has 2 aromatic rings. The van der Waals surface area contributed by atoms with Crippen LogP contribution in [0, 0.1) is 0 Å². The quantitative estimate of drug-likeness (QED) is 0.715. The van der Waals surface area contributed by atoms with Gasteiger partial charge in [-0.25, -0.2) is 4.79 Å². The van der Waals surface area contributed by atoms with Crippen LogP contribution in [0.5, 0.6) is 0 Å². The van der Waals surface area contributed by atoms with E-state index in [1.807, 2.05) is 37.4 Å². The average Bonchev–Trinajstić information content (AvgIpc) is 2.81. The SMILES string of the molecule is CN1CCN(CC(=O)Nc2ccc(N3CCOCC3)cc2)C[C@@H]1c1cccc(C(=O)O)c1. The average molecular weight is 439 g/mol. The van der Waals surface area contributed by atoms with Crippen molar-refractivity contribution >= 4 is 23.3 Å². The van der Waals surface area contributed by atoms with Gasteiger partial charge < -0.3 is 20.1 Å². The summed E-state index contributed by atoms with van der Waals surface area (Å²) in [5, 5.41) is 12.3. The Morgan fingerprint density at radius 3 is 2.53 bits per heavy atom. The minimum Gasteiger partial charge on any atom is -0.478 e. The molecule has 1 amide bonds. The largest absolute Gasteiger partial charge is 0.478 e. The molecule has 0 aliphatic carbocycles. The maximum Gasteiger partial charge on any atom is 0.335 e. The maximum absolute atomic E-state index is 12.7. The zero-order chi connectivity index (χ0) is 22.5. The summed E-state index contributed by atoms with van der Waals surface area (Å²) in [4.78, 5) is 30.6. The molecule has 0 saturated carbocycles. The second-order valence-corrected chi connectivity index (χ2v) is 8.36. The predicted molar refractivity (Wildman–Crippen MR) is 123 cm³/mol. The van der Waals surface area contributed by atoms with E-state index in [4.69, 9.17) is 4.74 Å². The summed E-state index contributed by atoms with van der Waals surface area (Å²) >= 11 is 0. The minimum atomic E-state index is -0.929. The first-order chi connectivity index (χ1) is 15.5. The van der Waals surface area contributed by atoms with Gasteiger partial charge in [-0.2, -0.15) is 0 Å². The predicted octanol–water partition coefficient (Wildman–Crippen LogP) is 2.15. The van der Waals surface area contributed by atoms with Gasteiger partial charge in [0.1, 0.15) is 0 Å². The lowest BCUT2D eigenvalue weighted by atomic mass is 10.0. The number of aromatic carboxylic acids is 1. The van der Waals surface area contributed by atoms with Gasteiger partial charge in [0.05, 0.1) is 25.3 Å². The van der Waals surface area contributed by atoms with Crippen LogP contribution in [-0.4, -0.2) is 86.3 Å². The summed E-state index contributed by atoms with van der Waals surface area (Å²) in [6, 6.07) is 15.0. The van der Waals surface area contributed by atoms with Crippen LogP contribution >= 0.6 is 0 Å². The lowest BCUT2D eigenvalue weighted by Crippen LogP contribution is -2.48. The van der Waals surface area contributed by atoms with Crippen molar-refractivity contribution in [1.82, 2.24) is 9.80 Å². The topological polar surface area (TPSA) is 85.4 Å². The van der Waals surface area contributed by atoms with Crippen LogP contribution in [0.25, 0.3) is 0 Å². The number of likely N-dealkylation sites (N-methyl/N-ethyl adjacent to an activating group) is 1. The van der Waals surface area contributed by atoms with Crippen LogP contribution in [0.1, 0.15) is 22.0 Å². The van der Waals surface area contributed by atoms with E-state index in [1.165, 1.54) is 0 Å². The number of anilines is 2. The number of carbonyl (C=O) groups excluding carboxylic acids is 1. The monoisotopic (exact) mass is 438 g/mol. The van der Waals surface area contributed by atoms with Gasteiger partial charge in [-0.1, -0.05) is 12.1 Å². The van der Waals surface area contributed by atoms with E-state index < -0.39 is 5.97 Å². The summed E-state index contributed by atoms with van der Waals surface area (Å²) in [5.41, 5.74) is 3.16. The van der Waals surface area contributed by atoms with E-state index in [2.05, 4.69) is 20.0 Å². The second kappa shape index (κ2) is 10.1. The molecule has 170 valence electrons. The Bertz CT molecular complexity index is 943. The van der Waals surface area contributed by atoms with Gasteiger partial charge in [-0.3, -0.25) is 14.6 Å². The summed E-state index contributed by atoms with van der Waals surface area (Å²) in [5.74, 6) is -0.979. The van der Waals surface area contributed by atoms with Crippen molar-refractivity contribution in [2.75, 3.05) is 69.7 Å². The molecule has 2 aliphatic rings. The third kappa shape index (κ3) is 5.45. The first-order valence-electron chi connectivity index (χ1n) is 11.0. The third-order valence-corrected chi connectivity index (χ3v) is 6.14. The molecular weight excluding hydrogens is 408 g/mol. The highest BCUT2D eigenvalue weighted by Gasteiger charge is 2.27. The number of benzene rings is 2. The van der Waals surface area contributed by atoms with Gasteiger partial charge in [0.15, 0.2) is 0 Å². The molecule has 0 unspecified atom stereocenters. The Morgan fingerprint density at radius 2 is 1.81 bits per heavy atom. The molecule has 8 heteroatoms. The van der Waals surface area contributed by atoms with Crippen LogP contribution in [-0.2, 0) is 9.53 Å². The highest BCUT2D eigenvalue weighted by molar-refractivity contribution is 5.92. The molecule has 0 bridgehead atoms. The van der Waals surface area contributed by atoms with Crippen LogP contribution in [0.4, 0.5) is 11.4 Å². The molecule has 0 aromatic heterocycles. The van der Waals surface area contributed by atoms with E-state index in [-0.39, 0.29) is 17.5 Å². The number of hydrogen-bond acceptors (Lipinski definition) is 6. The van der Waals surface area contributed by atoms with Crippen LogP contribution in [0.2, 0.25) is 0 Å². The first kappa shape index (κ1) is 22.3. The van der Waals surface area contributed by atoms with Crippen molar-refractivity contribution in [3.63, 3.8) is 0 Å².